The van der Waals surface area contributed by atoms with Crippen molar-refractivity contribution in [3.63, 3.8) is 0 Å². The third-order valence-corrected chi connectivity index (χ3v) is 3.05. The van der Waals surface area contributed by atoms with Crippen molar-refractivity contribution in [3.8, 4) is 0 Å². The summed E-state index contributed by atoms with van der Waals surface area (Å²) in [6.45, 7) is 3.33. The fourth-order valence-corrected chi connectivity index (χ4v) is 1.90. The van der Waals surface area contributed by atoms with E-state index in [-0.39, 0.29) is 0 Å². The molecule has 10 heavy (non-hydrogen) atoms. The van der Waals surface area contributed by atoms with Crippen LogP contribution in [-0.2, 0) is 0 Å². The minimum atomic E-state index is 0.795. The van der Waals surface area contributed by atoms with Gasteiger partial charge < -0.3 is 5.73 Å². The van der Waals surface area contributed by atoms with Gasteiger partial charge in [-0.2, -0.15) is 0 Å². The van der Waals surface area contributed by atoms with Crippen molar-refractivity contribution in [1.29, 1.82) is 0 Å². The first kappa shape index (κ1) is 8.37. The molecule has 1 saturated heterocycles. The molecule has 2 nitrogen and oxygen atoms in total. The first-order valence-electron chi connectivity index (χ1n) is 3.86. The minimum Gasteiger partial charge on any atom is -0.330 e. The van der Waals surface area contributed by atoms with Gasteiger partial charge in [0.15, 0.2) is 0 Å². The average Bonchev–Trinajstić information content (AvgIpc) is 2.05. The summed E-state index contributed by atoms with van der Waals surface area (Å²) < 4.78 is 2.41. The monoisotopic (exact) mass is 160 g/mol. The molecule has 0 saturated carbocycles. The third kappa shape index (κ3) is 2.15. The van der Waals surface area contributed by atoms with E-state index in [1.54, 1.807) is 0 Å². The van der Waals surface area contributed by atoms with E-state index in [0.717, 1.165) is 12.5 Å². The molecule has 60 valence electrons. The number of hydrogen-bond acceptors (Lipinski definition) is 3. The zero-order valence-corrected chi connectivity index (χ0v) is 7.36. The maximum absolute atomic E-state index is 5.56. The molecule has 1 aliphatic rings. The fourth-order valence-electron chi connectivity index (χ4n) is 1.33. The zero-order chi connectivity index (χ0) is 7.40. The van der Waals surface area contributed by atoms with Gasteiger partial charge in [-0.05, 0) is 31.6 Å². The Hall–Kier alpha value is 0.270. The Morgan fingerprint density at radius 3 is 2.50 bits per heavy atom. The zero-order valence-electron chi connectivity index (χ0n) is 6.55. The highest BCUT2D eigenvalue weighted by Crippen LogP contribution is 2.19. The first-order valence-corrected chi connectivity index (χ1v) is 5.04. The molecule has 1 heterocycles. The van der Waals surface area contributed by atoms with Crippen LogP contribution in [0.4, 0.5) is 0 Å². The van der Waals surface area contributed by atoms with Gasteiger partial charge in [0.25, 0.3) is 0 Å². The van der Waals surface area contributed by atoms with Crippen LogP contribution in [0, 0.1) is 5.92 Å². The summed E-state index contributed by atoms with van der Waals surface area (Å²) in [7, 11) is 0. The van der Waals surface area contributed by atoms with Gasteiger partial charge in [0.05, 0.1) is 0 Å². The number of rotatable bonds is 2. The highest BCUT2D eigenvalue weighted by Gasteiger charge is 2.16. The second kappa shape index (κ2) is 4.21. The SMILES string of the molecule is CSN1CCC(CN)CC1. The van der Waals surface area contributed by atoms with E-state index in [1.807, 2.05) is 11.9 Å². The standard InChI is InChI=1S/C7H16N2S/c1-10-9-4-2-7(6-8)3-5-9/h7H,2-6,8H2,1H3. The van der Waals surface area contributed by atoms with Crippen molar-refractivity contribution in [2.24, 2.45) is 11.7 Å². The Morgan fingerprint density at radius 2 is 2.10 bits per heavy atom. The lowest BCUT2D eigenvalue weighted by Crippen LogP contribution is -2.31. The quantitative estimate of drug-likeness (QED) is 0.609. The normalized spacial score (nSPS) is 23.4. The number of nitrogens with zero attached hydrogens (tertiary/aromatic N) is 1. The molecule has 3 heteroatoms. The molecule has 1 aliphatic heterocycles. The molecule has 0 aromatic rings. The lowest BCUT2D eigenvalue weighted by atomic mass is 9.99. The lowest BCUT2D eigenvalue weighted by Gasteiger charge is -2.29. The maximum Gasteiger partial charge on any atom is 0.00923 e. The van der Waals surface area contributed by atoms with Gasteiger partial charge in [0.1, 0.15) is 0 Å². The van der Waals surface area contributed by atoms with E-state index in [2.05, 4.69) is 10.6 Å². The van der Waals surface area contributed by atoms with Crippen LogP contribution in [0.5, 0.6) is 0 Å². The number of nitrogens with two attached hydrogens (primary N) is 1. The van der Waals surface area contributed by atoms with Crippen LogP contribution in [-0.4, -0.2) is 30.2 Å². The summed E-state index contributed by atoms with van der Waals surface area (Å²) in [6.07, 6.45) is 4.72. The molecule has 0 atom stereocenters. The maximum atomic E-state index is 5.56. The van der Waals surface area contributed by atoms with E-state index >= 15 is 0 Å². The summed E-state index contributed by atoms with van der Waals surface area (Å²) in [5.74, 6) is 0.795. The van der Waals surface area contributed by atoms with Crippen LogP contribution >= 0.6 is 11.9 Å². The van der Waals surface area contributed by atoms with E-state index < -0.39 is 0 Å². The van der Waals surface area contributed by atoms with Crippen molar-refractivity contribution in [2.45, 2.75) is 12.8 Å². The second-order valence-electron chi connectivity index (χ2n) is 2.79. The molecular formula is C7H16N2S. The molecule has 0 amide bonds. The summed E-state index contributed by atoms with van der Waals surface area (Å²) in [4.78, 5) is 0. The molecule has 0 bridgehead atoms. The molecule has 2 N–H and O–H groups in total. The van der Waals surface area contributed by atoms with E-state index in [4.69, 9.17) is 5.73 Å². The molecule has 0 aromatic carbocycles. The molecule has 0 radical (unpaired) electrons. The minimum absolute atomic E-state index is 0.795. The first-order chi connectivity index (χ1) is 4.86. The smallest absolute Gasteiger partial charge is 0.00923 e. The third-order valence-electron chi connectivity index (χ3n) is 2.17. The van der Waals surface area contributed by atoms with Gasteiger partial charge in [0.2, 0.25) is 0 Å². The predicted molar refractivity (Wildman–Crippen MR) is 46.9 cm³/mol. The Morgan fingerprint density at radius 1 is 1.50 bits per heavy atom. The molecule has 1 fully saturated rings. The van der Waals surface area contributed by atoms with Crippen LogP contribution in [0.2, 0.25) is 0 Å². The van der Waals surface area contributed by atoms with Gasteiger partial charge >= 0.3 is 0 Å². The van der Waals surface area contributed by atoms with Crippen LogP contribution in [0.25, 0.3) is 0 Å². The van der Waals surface area contributed by atoms with E-state index in [9.17, 15) is 0 Å². The van der Waals surface area contributed by atoms with Gasteiger partial charge in [-0.25, -0.2) is 0 Å². The van der Waals surface area contributed by atoms with Crippen molar-refractivity contribution >= 4 is 11.9 Å². The highest BCUT2D eigenvalue weighted by atomic mass is 32.2. The van der Waals surface area contributed by atoms with Crippen molar-refractivity contribution in [2.75, 3.05) is 25.9 Å². The number of piperidine rings is 1. The van der Waals surface area contributed by atoms with Gasteiger partial charge in [-0.1, -0.05) is 11.9 Å². The van der Waals surface area contributed by atoms with Crippen LogP contribution in [0.15, 0.2) is 0 Å². The van der Waals surface area contributed by atoms with Crippen molar-refractivity contribution in [1.82, 2.24) is 4.31 Å². The molecular weight excluding hydrogens is 144 g/mol. The highest BCUT2D eigenvalue weighted by molar-refractivity contribution is 7.96. The molecule has 0 unspecified atom stereocenters. The van der Waals surface area contributed by atoms with Crippen LogP contribution < -0.4 is 5.73 Å². The van der Waals surface area contributed by atoms with Gasteiger partial charge in [-0.3, -0.25) is 4.31 Å². The molecule has 0 aromatic heterocycles. The van der Waals surface area contributed by atoms with E-state index in [1.165, 1.54) is 25.9 Å². The van der Waals surface area contributed by atoms with Gasteiger partial charge in [0, 0.05) is 13.1 Å². The Labute approximate surface area is 67.3 Å². The fraction of sp³-hybridized carbons (Fsp3) is 1.00. The summed E-state index contributed by atoms with van der Waals surface area (Å²) in [5, 5.41) is 0. The van der Waals surface area contributed by atoms with Crippen molar-refractivity contribution in [3.05, 3.63) is 0 Å². The second-order valence-corrected chi connectivity index (χ2v) is 3.67. The Kier molecular flexibility index (Phi) is 3.52. The summed E-state index contributed by atoms with van der Waals surface area (Å²) in [5.41, 5.74) is 5.56. The average molecular weight is 160 g/mol. The Balaban J connectivity index is 2.17. The van der Waals surface area contributed by atoms with Gasteiger partial charge in [-0.15, -0.1) is 0 Å². The lowest BCUT2D eigenvalue weighted by molar-refractivity contribution is 0.297. The predicted octanol–water partition coefficient (Wildman–Crippen LogP) is 0.935. The summed E-state index contributed by atoms with van der Waals surface area (Å²) in [6, 6.07) is 0. The summed E-state index contributed by atoms with van der Waals surface area (Å²) >= 11 is 1.85. The van der Waals surface area contributed by atoms with Crippen molar-refractivity contribution < 1.29 is 0 Å². The molecule has 0 aliphatic carbocycles. The van der Waals surface area contributed by atoms with Crippen LogP contribution in [0.3, 0.4) is 0 Å². The largest absolute Gasteiger partial charge is 0.330 e. The topological polar surface area (TPSA) is 29.3 Å². The molecule has 1 rings (SSSR count). The number of hydrogen-bond donors (Lipinski definition) is 1. The molecule has 0 spiro atoms. The van der Waals surface area contributed by atoms with Crippen LogP contribution in [0.1, 0.15) is 12.8 Å². The van der Waals surface area contributed by atoms with E-state index in [0.29, 0.717) is 0 Å². The Bertz CT molecular complexity index is 77.6.